The first-order chi connectivity index (χ1) is 9.81. The zero-order chi connectivity index (χ0) is 14.2. The number of rotatable bonds is 6. The molecule has 5 heteroatoms. The van der Waals surface area contributed by atoms with Crippen molar-refractivity contribution in [3.05, 3.63) is 29.8 Å². The molecule has 0 aromatic heterocycles. The number of amides is 1. The normalized spacial score (nSPS) is 15.2. The topological polar surface area (TPSA) is 50.8 Å². The van der Waals surface area contributed by atoms with Gasteiger partial charge in [-0.1, -0.05) is 6.07 Å². The third kappa shape index (κ3) is 4.21. The van der Waals surface area contributed by atoms with Gasteiger partial charge in [0.05, 0.1) is 6.61 Å². The summed E-state index contributed by atoms with van der Waals surface area (Å²) < 4.78 is 10.6. The van der Waals surface area contributed by atoms with E-state index in [1.807, 2.05) is 29.2 Å². The van der Waals surface area contributed by atoms with Crippen LogP contribution in [0.5, 0.6) is 5.75 Å². The van der Waals surface area contributed by atoms with Crippen LogP contribution in [-0.2, 0) is 4.74 Å². The lowest BCUT2D eigenvalue weighted by molar-refractivity contribution is 0.0735. The Morgan fingerprint density at radius 3 is 2.85 bits per heavy atom. The average molecular weight is 278 g/mol. The summed E-state index contributed by atoms with van der Waals surface area (Å²) in [5, 5.41) is 3.24. The van der Waals surface area contributed by atoms with Crippen molar-refractivity contribution in [1.82, 2.24) is 10.2 Å². The summed E-state index contributed by atoms with van der Waals surface area (Å²) in [6.07, 6.45) is 0.840. The SMILES string of the molecule is COCCCOc1cccc(C(=O)N2CCNCC2)c1. The predicted molar refractivity (Wildman–Crippen MR) is 77.2 cm³/mol. The summed E-state index contributed by atoms with van der Waals surface area (Å²) in [7, 11) is 1.67. The van der Waals surface area contributed by atoms with Crippen LogP contribution in [0.1, 0.15) is 16.8 Å². The highest BCUT2D eigenvalue weighted by Crippen LogP contribution is 2.15. The summed E-state index contributed by atoms with van der Waals surface area (Å²) >= 11 is 0. The highest BCUT2D eigenvalue weighted by atomic mass is 16.5. The lowest BCUT2D eigenvalue weighted by Gasteiger charge is -2.27. The molecule has 0 spiro atoms. The van der Waals surface area contributed by atoms with E-state index < -0.39 is 0 Å². The molecule has 0 aliphatic carbocycles. The molecule has 110 valence electrons. The number of hydrogen-bond acceptors (Lipinski definition) is 4. The van der Waals surface area contributed by atoms with Crippen LogP contribution in [0.2, 0.25) is 0 Å². The van der Waals surface area contributed by atoms with E-state index in [9.17, 15) is 4.79 Å². The first kappa shape index (κ1) is 14.8. The van der Waals surface area contributed by atoms with Gasteiger partial charge in [-0.05, 0) is 18.2 Å². The molecule has 5 nitrogen and oxygen atoms in total. The second kappa shape index (κ2) is 7.87. The van der Waals surface area contributed by atoms with Gasteiger partial charge in [0.2, 0.25) is 0 Å². The number of hydrogen-bond donors (Lipinski definition) is 1. The number of nitrogens with one attached hydrogen (secondary N) is 1. The van der Waals surface area contributed by atoms with E-state index in [4.69, 9.17) is 9.47 Å². The third-order valence-corrected chi connectivity index (χ3v) is 3.25. The largest absolute Gasteiger partial charge is 0.493 e. The predicted octanol–water partition coefficient (Wildman–Crippen LogP) is 1.15. The van der Waals surface area contributed by atoms with Crippen LogP contribution in [0, 0.1) is 0 Å². The zero-order valence-corrected chi connectivity index (χ0v) is 11.9. The zero-order valence-electron chi connectivity index (χ0n) is 11.9. The average Bonchev–Trinajstić information content (AvgIpc) is 2.52. The van der Waals surface area contributed by atoms with Crippen molar-refractivity contribution in [3.63, 3.8) is 0 Å². The Balaban J connectivity index is 1.92. The molecule has 1 N–H and O–H groups in total. The van der Waals surface area contributed by atoms with Crippen LogP contribution < -0.4 is 10.1 Å². The van der Waals surface area contributed by atoms with Crippen molar-refractivity contribution in [2.75, 3.05) is 46.5 Å². The van der Waals surface area contributed by atoms with Gasteiger partial charge in [0, 0.05) is 51.9 Å². The number of carbonyl (C=O) groups is 1. The molecule has 2 rings (SSSR count). The van der Waals surface area contributed by atoms with Gasteiger partial charge >= 0.3 is 0 Å². The number of piperazine rings is 1. The fourth-order valence-electron chi connectivity index (χ4n) is 2.16. The monoisotopic (exact) mass is 278 g/mol. The third-order valence-electron chi connectivity index (χ3n) is 3.25. The lowest BCUT2D eigenvalue weighted by atomic mass is 10.1. The fraction of sp³-hybridized carbons (Fsp3) is 0.533. The van der Waals surface area contributed by atoms with Crippen LogP contribution in [0.15, 0.2) is 24.3 Å². The lowest BCUT2D eigenvalue weighted by Crippen LogP contribution is -2.46. The summed E-state index contributed by atoms with van der Waals surface area (Å²) in [5.41, 5.74) is 0.691. The first-order valence-electron chi connectivity index (χ1n) is 7.03. The van der Waals surface area contributed by atoms with Crippen LogP contribution in [0.3, 0.4) is 0 Å². The van der Waals surface area contributed by atoms with E-state index in [0.717, 1.165) is 38.3 Å². The van der Waals surface area contributed by atoms with Crippen molar-refractivity contribution >= 4 is 5.91 Å². The minimum Gasteiger partial charge on any atom is -0.493 e. The molecule has 0 atom stereocenters. The van der Waals surface area contributed by atoms with Gasteiger partial charge in [0.25, 0.3) is 5.91 Å². The van der Waals surface area contributed by atoms with Crippen molar-refractivity contribution in [3.8, 4) is 5.75 Å². The minimum absolute atomic E-state index is 0.0776. The van der Waals surface area contributed by atoms with Crippen molar-refractivity contribution in [2.45, 2.75) is 6.42 Å². The van der Waals surface area contributed by atoms with Gasteiger partial charge in [-0.15, -0.1) is 0 Å². The Kier molecular flexibility index (Phi) is 5.83. The molecule has 0 unspecified atom stereocenters. The number of ether oxygens (including phenoxy) is 2. The summed E-state index contributed by atoms with van der Waals surface area (Å²) in [6, 6.07) is 7.39. The highest BCUT2D eigenvalue weighted by Gasteiger charge is 2.18. The van der Waals surface area contributed by atoms with Crippen molar-refractivity contribution in [1.29, 1.82) is 0 Å². The van der Waals surface area contributed by atoms with Crippen LogP contribution in [0.25, 0.3) is 0 Å². The van der Waals surface area contributed by atoms with Gasteiger partial charge in [0.15, 0.2) is 0 Å². The molecule has 0 saturated carbocycles. The molecule has 1 fully saturated rings. The molecular weight excluding hydrogens is 256 g/mol. The van der Waals surface area contributed by atoms with Crippen LogP contribution in [0.4, 0.5) is 0 Å². The number of nitrogens with zero attached hydrogens (tertiary/aromatic N) is 1. The Morgan fingerprint density at radius 1 is 1.30 bits per heavy atom. The molecule has 1 heterocycles. The second-order valence-corrected chi connectivity index (χ2v) is 4.76. The molecule has 1 amide bonds. The van der Waals surface area contributed by atoms with E-state index in [2.05, 4.69) is 5.32 Å². The van der Waals surface area contributed by atoms with Gasteiger partial charge < -0.3 is 19.7 Å². The Morgan fingerprint density at radius 2 is 2.10 bits per heavy atom. The van der Waals surface area contributed by atoms with Gasteiger partial charge in [0.1, 0.15) is 5.75 Å². The van der Waals surface area contributed by atoms with E-state index in [0.29, 0.717) is 18.8 Å². The number of benzene rings is 1. The molecule has 1 aromatic carbocycles. The van der Waals surface area contributed by atoms with Gasteiger partial charge in [-0.2, -0.15) is 0 Å². The Labute approximate surface area is 119 Å². The maximum atomic E-state index is 12.4. The Bertz CT molecular complexity index is 431. The molecule has 1 saturated heterocycles. The summed E-state index contributed by atoms with van der Waals surface area (Å²) in [5.74, 6) is 0.816. The standard InChI is InChI=1S/C15H22N2O3/c1-19-10-3-11-20-14-5-2-4-13(12-14)15(18)17-8-6-16-7-9-17/h2,4-5,12,16H,3,6-11H2,1H3. The molecular formula is C15H22N2O3. The highest BCUT2D eigenvalue weighted by molar-refractivity contribution is 5.94. The summed E-state index contributed by atoms with van der Waals surface area (Å²) in [4.78, 5) is 14.2. The number of carbonyl (C=O) groups excluding carboxylic acids is 1. The van der Waals surface area contributed by atoms with Crippen molar-refractivity contribution in [2.24, 2.45) is 0 Å². The van der Waals surface area contributed by atoms with Crippen molar-refractivity contribution < 1.29 is 14.3 Å². The second-order valence-electron chi connectivity index (χ2n) is 4.76. The van der Waals surface area contributed by atoms with E-state index in [-0.39, 0.29) is 5.91 Å². The molecule has 1 aliphatic heterocycles. The minimum atomic E-state index is 0.0776. The smallest absolute Gasteiger partial charge is 0.254 e. The van der Waals surface area contributed by atoms with Crippen LogP contribution in [-0.4, -0.2) is 57.3 Å². The van der Waals surface area contributed by atoms with E-state index >= 15 is 0 Å². The van der Waals surface area contributed by atoms with E-state index in [1.54, 1.807) is 7.11 Å². The molecule has 1 aliphatic rings. The van der Waals surface area contributed by atoms with Crippen LogP contribution >= 0.6 is 0 Å². The Hall–Kier alpha value is -1.59. The maximum Gasteiger partial charge on any atom is 0.254 e. The molecule has 0 bridgehead atoms. The first-order valence-corrected chi connectivity index (χ1v) is 7.03. The fourth-order valence-corrected chi connectivity index (χ4v) is 2.16. The molecule has 20 heavy (non-hydrogen) atoms. The maximum absolute atomic E-state index is 12.4. The molecule has 1 aromatic rings. The van der Waals surface area contributed by atoms with E-state index in [1.165, 1.54) is 0 Å². The summed E-state index contributed by atoms with van der Waals surface area (Å²) in [6.45, 7) is 4.52. The molecule has 0 radical (unpaired) electrons. The van der Waals surface area contributed by atoms with Gasteiger partial charge in [-0.3, -0.25) is 4.79 Å². The quantitative estimate of drug-likeness (QED) is 0.793. The number of methoxy groups -OCH3 is 1. The van der Waals surface area contributed by atoms with Gasteiger partial charge in [-0.25, -0.2) is 0 Å².